The molecule has 242 valence electrons. The summed E-state index contributed by atoms with van der Waals surface area (Å²) in [5.41, 5.74) is 12.2. The van der Waals surface area contributed by atoms with Gasteiger partial charge in [-0.05, 0) is 97.9 Å². The zero-order valence-corrected chi connectivity index (χ0v) is 28.1. The van der Waals surface area contributed by atoms with Crippen molar-refractivity contribution < 1.29 is 0 Å². The van der Waals surface area contributed by atoms with Crippen LogP contribution < -0.4 is 0 Å². The minimum atomic E-state index is 1.05. The number of rotatable bonds is 17. The average Bonchev–Trinajstić information content (AvgIpc) is 3.16. The van der Waals surface area contributed by atoms with Crippen molar-refractivity contribution in [3.05, 3.63) is 162 Å². The molecule has 0 atom stereocenters. The van der Waals surface area contributed by atoms with Crippen molar-refractivity contribution in [2.75, 3.05) is 0 Å². The summed E-state index contributed by atoms with van der Waals surface area (Å²) in [6.07, 6.45) is 20.4. The maximum Gasteiger partial charge on any atom is 0.0704 e. The number of hydrogen-bond donors (Lipinski definition) is 0. The molecule has 0 N–H and O–H groups in total. The maximum absolute atomic E-state index is 4.69. The van der Waals surface area contributed by atoms with E-state index in [4.69, 9.17) is 0 Å². The van der Waals surface area contributed by atoms with E-state index in [1.165, 1.54) is 90.3 Å². The van der Waals surface area contributed by atoms with E-state index >= 15 is 0 Å². The van der Waals surface area contributed by atoms with Crippen LogP contribution >= 0.6 is 0 Å². The van der Waals surface area contributed by atoms with Crippen LogP contribution in [0.4, 0.5) is 0 Å². The third-order valence-corrected chi connectivity index (χ3v) is 9.22. The van der Waals surface area contributed by atoms with E-state index in [2.05, 4.69) is 124 Å². The highest BCUT2D eigenvalue weighted by Crippen LogP contribution is 2.22. The Morgan fingerprint density at radius 1 is 0.312 bits per heavy atom. The summed E-state index contributed by atoms with van der Waals surface area (Å²) >= 11 is 0. The van der Waals surface area contributed by atoms with Gasteiger partial charge in [-0.1, -0.05) is 123 Å². The third kappa shape index (κ3) is 10.1. The standard InChI is InChI=1S/C45H47N3/c1(3-9-17-38-25-29-43(47-34-38)40-19-11-5-12-20-40)7-15-36-23-27-42(28-24-36)45-33-37(31-32-46-45)16-8-2-4-10-18-39-26-30-44(48-35-39)41-21-13-6-14-22-41/h5-6,11-14,19-35H,1-4,7-10,15-18H2. The van der Waals surface area contributed by atoms with Crippen LogP contribution in [0.2, 0.25) is 0 Å². The van der Waals surface area contributed by atoms with E-state index in [9.17, 15) is 0 Å². The minimum Gasteiger partial charge on any atom is -0.256 e. The summed E-state index contributed by atoms with van der Waals surface area (Å²) in [7, 11) is 0. The predicted molar refractivity (Wildman–Crippen MR) is 201 cm³/mol. The fourth-order valence-electron chi connectivity index (χ4n) is 6.36. The molecule has 3 heteroatoms. The number of benzene rings is 3. The second-order valence-electron chi connectivity index (χ2n) is 12.9. The van der Waals surface area contributed by atoms with Gasteiger partial charge in [0.15, 0.2) is 0 Å². The molecule has 3 aromatic heterocycles. The van der Waals surface area contributed by atoms with E-state index in [0.29, 0.717) is 0 Å². The average molecular weight is 630 g/mol. The van der Waals surface area contributed by atoms with Gasteiger partial charge in [0.2, 0.25) is 0 Å². The smallest absolute Gasteiger partial charge is 0.0704 e. The van der Waals surface area contributed by atoms with Crippen LogP contribution in [0.15, 0.2) is 140 Å². The molecule has 3 heterocycles. The summed E-state index contributed by atoms with van der Waals surface area (Å²) < 4.78 is 0. The Balaban J connectivity index is 0.848. The molecule has 0 aliphatic heterocycles. The fourth-order valence-corrected chi connectivity index (χ4v) is 6.36. The van der Waals surface area contributed by atoms with Crippen molar-refractivity contribution in [2.24, 2.45) is 0 Å². The van der Waals surface area contributed by atoms with Gasteiger partial charge in [0.05, 0.1) is 17.1 Å². The van der Waals surface area contributed by atoms with Crippen LogP contribution in [0, 0.1) is 0 Å². The van der Waals surface area contributed by atoms with E-state index in [0.717, 1.165) is 42.8 Å². The summed E-state index contributed by atoms with van der Waals surface area (Å²) in [4.78, 5) is 14.0. The third-order valence-electron chi connectivity index (χ3n) is 9.22. The first-order valence-electron chi connectivity index (χ1n) is 17.9. The Hall–Kier alpha value is -4.89. The van der Waals surface area contributed by atoms with Gasteiger partial charge < -0.3 is 0 Å². The molecule has 0 saturated heterocycles. The van der Waals surface area contributed by atoms with Gasteiger partial charge in [0.1, 0.15) is 0 Å². The van der Waals surface area contributed by atoms with Crippen LogP contribution in [0.25, 0.3) is 33.8 Å². The maximum atomic E-state index is 4.69. The van der Waals surface area contributed by atoms with Crippen LogP contribution in [-0.2, 0) is 25.7 Å². The lowest BCUT2D eigenvalue weighted by Gasteiger charge is -2.07. The summed E-state index contributed by atoms with van der Waals surface area (Å²) in [5.74, 6) is 0. The zero-order valence-electron chi connectivity index (χ0n) is 28.1. The Morgan fingerprint density at radius 3 is 1.23 bits per heavy atom. The van der Waals surface area contributed by atoms with Gasteiger partial charge in [-0.25, -0.2) is 0 Å². The molecule has 0 amide bonds. The number of aromatic nitrogens is 3. The molecule has 0 bridgehead atoms. The molecule has 3 aromatic carbocycles. The monoisotopic (exact) mass is 629 g/mol. The number of nitrogens with zero attached hydrogens (tertiary/aromatic N) is 3. The minimum absolute atomic E-state index is 1.05. The van der Waals surface area contributed by atoms with Crippen molar-refractivity contribution in [3.63, 3.8) is 0 Å². The van der Waals surface area contributed by atoms with Crippen molar-refractivity contribution in [1.29, 1.82) is 0 Å². The molecular weight excluding hydrogens is 583 g/mol. The summed E-state index contributed by atoms with van der Waals surface area (Å²) in [5, 5.41) is 0. The molecule has 0 spiro atoms. The number of unbranched alkanes of at least 4 members (excludes halogenated alkanes) is 6. The van der Waals surface area contributed by atoms with Gasteiger partial charge in [-0.3, -0.25) is 15.0 Å². The Bertz CT molecular complexity index is 1780. The first-order chi connectivity index (χ1) is 23.8. The molecule has 0 aliphatic carbocycles. The normalized spacial score (nSPS) is 11.1. The molecule has 0 aliphatic rings. The lowest BCUT2D eigenvalue weighted by atomic mass is 10.0. The van der Waals surface area contributed by atoms with Crippen LogP contribution in [0.1, 0.15) is 73.6 Å². The Kier molecular flexibility index (Phi) is 12.3. The number of pyridine rings is 3. The van der Waals surface area contributed by atoms with Crippen LogP contribution in [-0.4, -0.2) is 15.0 Å². The highest BCUT2D eigenvalue weighted by atomic mass is 14.7. The molecule has 48 heavy (non-hydrogen) atoms. The Morgan fingerprint density at radius 2 is 0.750 bits per heavy atom. The summed E-state index contributed by atoms with van der Waals surface area (Å²) in [6, 6.07) is 43.0. The lowest BCUT2D eigenvalue weighted by molar-refractivity contribution is 0.639. The van der Waals surface area contributed by atoms with Crippen molar-refractivity contribution in [2.45, 2.75) is 77.0 Å². The fraction of sp³-hybridized carbons (Fsp3) is 0.267. The van der Waals surface area contributed by atoms with Crippen molar-refractivity contribution in [1.82, 2.24) is 15.0 Å². The highest BCUT2D eigenvalue weighted by Gasteiger charge is 2.04. The highest BCUT2D eigenvalue weighted by molar-refractivity contribution is 5.61. The predicted octanol–water partition coefficient (Wildman–Crippen LogP) is 11.6. The first kappa shape index (κ1) is 33.0. The van der Waals surface area contributed by atoms with Gasteiger partial charge >= 0.3 is 0 Å². The Labute approximate surface area is 287 Å². The van der Waals surface area contributed by atoms with Crippen LogP contribution in [0.3, 0.4) is 0 Å². The van der Waals surface area contributed by atoms with Gasteiger partial charge in [-0.15, -0.1) is 0 Å². The molecular formula is C45H47N3. The summed E-state index contributed by atoms with van der Waals surface area (Å²) in [6.45, 7) is 0. The molecule has 0 fully saturated rings. The second-order valence-corrected chi connectivity index (χ2v) is 12.9. The van der Waals surface area contributed by atoms with E-state index in [1.54, 1.807) is 0 Å². The molecule has 3 nitrogen and oxygen atoms in total. The van der Waals surface area contributed by atoms with E-state index < -0.39 is 0 Å². The topological polar surface area (TPSA) is 38.7 Å². The quantitative estimate of drug-likeness (QED) is 0.0942. The molecule has 0 saturated carbocycles. The van der Waals surface area contributed by atoms with Crippen molar-refractivity contribution >= 4 is 0 Å². The number of hydrogen-bond acceptors (Lipinski definition) is 3. The lowest BCUT2D eigenvalue weighted by Crippen LogP contribution is -1.92. The van der Waals surface area contributed by atoms with Gasteiger partial charge in [0.25, 0.3) is 0 Å². The molecule has 6 rings (SSSR count). The number of aryl methyl sites for hydroxylation is 4. The van der Waals surface area contributed by atoms with Crippen molar-refractivity contribution in [3.8, 4) is 33.8 Å². The van der Waals surface area contributed by atoms with Gasteiger partial charge in [-0.2, -0.15) is 0 Å². The van der Waals surface area contributed by atoms with Crippen LogP contribution in [0.5, 0.6) is 0 Å². The SMILES string of the molecule is c1ccc(-c2ccc(CCCCCCc3ccc(-c4cc(CCCCCCc5ccc(-c6ccccc6)nc5)ccn4)cc3)cn2)cc1. The molecule has 6 aromatic rings. The zero-order chi connectivity index (χ0) is 32.6. The second kappa shape index (κ2) is 17.9. The van der Waals surface area contributed by atoms with Gasteiger partial charge in [0, 0.05) is 35.3 Å². The van der Waals surface area contributed by atoms with E-state index in [-0.39, 0.29) is 0 Å². The largest absolute Gasteiger partial charge is 0.256 e. The first-order valence-corrected chi connectivity index (χ1v) is 17.9. The molecule has 0 unspecified atom stereocenters. The molecule has 0 radical (unpaired) electrons. The van der Waals surface area contributed by atoms with E-state index in [1.807, 2.05) is 30.7 Å².